The van der Waals surface area contributed by atoms with Crippen LogP contribution in [-0.4, -0.2) is 41.4 Å². The van der Waals surface area contributed by atoms with Gasteiger partial charge in [-0.3, -0.25) is 9.59 Å². The molecule has 8 nitrogen and oxygen atoms in total. The van der Waals surface area contributed by atoms with Crippen LogP contribution in [0.4, 0.5) is 9.59 Å². The van der Waals surface area contributed by atoms with Crippen molar-refractivity contribution in [1.82, 2.24) is 10.2 Å². The van der Waals surface area contributed by atoms with Crippen LogP contribution in [0.15, 0.2) is 85.0 Å². The third-order valence-corrected chi connectivity index (χ3v) is 4.90. The van der Waals surface area contributed by atoms with Gasteiger partial charge in [0.2, 0.25) is 5.24 Å². The Bertz CT molecular complexity index is 1060. The van der Waals surface area contributed by atoms with Crippen molar-refractivity contribution < 1.29 is 28.7 Å². The highest BCUT2D eigenvalue weighted by molar-refractivity contribution is 6.66. The normalized spacial score (nSPS) is 17.6. The number of nitrogens with zero attached hydrogens (tertiary/aromatic N) is 1. The Kier molecular flexibility index (Phi) is 15.7. The molecule has 0 saturated carbocycles. The molecule has 0 radical (unpaired) electrons. The zero-order valence-electron chi connectivity index (χ0n) is 19.4. The molecule has 2 aromatic rings. The van der Waals surface area contributed by atoms with E-state index in [0.717, 1.165) is 16.0 Å². The average molecular weight is 531 g/mol. The smallest absolute Gasteiger partial charge is 0.417 e. The summed E-state index contributed by atoms with van der Waals surface area (Å²) in [6.45, 7) is 4.12. The highest BCUT2D eigenvalue weighted by Crippen LogP contribution is 2.27. The first-order valence-electron chi connectivity index (χ1n) is 10.8. The minimum atomic E-state index is -0.582. The molecule has 2 fully saturated rings. The van der Waals surface area contributed by atoms with Crippen molar-refractivity contribution in [2.45, 2.75) is 40.8 Å². The fourth-order valence-corrected chi connectivity index (χ4v) is 3.32. The second kappa shape index (κ2) is 17.5. The van der Waals surface area contributed by atoms with Crippen LogP contribution >= 0.6 is 11.6 Å². The zero-order chi connectivity index (χ0) is 25.6. The number of ether oxygens (including phenoxy) is 2. The highest BCUT2D eigenvalue weighted by atomic mass is 35.5. The molecular formula is C28H35ClN2O6. The van der Waals surface area contributed by atoms with Crippen LogP contribution in [0.25, 0.3) is 0 Å². The maximum absolute atomic E-state index is 11.8. The van der Waals surface area contributed by atoms with Crippen molar-refractivity contribution >= 4 is 34.9 Å². The van der Waals surface area contributed by atoms with Crippen molar-refractivity contribution in [3.8, 4) is 0 Å². The predicted octanol–water partition coefficient (Wildman–Crippen LogP) is 6.35. The first-order valence-corrected chi connectivity index (χ1v) is 11.2. The van der Waals surface area contributed by atoms with E-state index in [1.807, 2.05) is 60.7 Å². The number of rotatable bonds is 4. The van der Waals surface area contributed by atoms with Crippen molar-refractivity contribution in [3.63, 3.8) is 0 Å². The van der Waals surface area contributed by atoms with Crippen molar-refractivity contribution in [3.05, 3.63) is 96.1 Å². The monoisotopic (exact) mass is 530 g/mol. The van der Waals surface area contributed by atoms with Crippen molar-refractivity contribution in [1.29, 1.82) is 0 Å². The fourth-order valence-electron chi connectivity index (χ4n) is 3.19. The van der Waals surface area contributed by atoms with E-state index in [-0.39, 0.29) is 45.5 Å². The summed E-state index contributed by atoms with van der Waals surface area (Å²) in [6, 6.07) is 18.9. The Morgan fingerprint density at radius 3 is 1.84 bits per heavy atom. The van der Waals surface area contributed by atoms with Gasteiger partial charge < -0.3 is 14.8 Å². The van der Waals surface area contributed by atoms with Gasteiger partial charge in [-0.05, 0) is 48.7 Å². The number of hydrogen-bond donors (Lipinski definition) is 1. The van der Waals surface area contributed by atoms with Crippen LogP contribution in [0.2, 0.25) is 0 Å². The lowest BCUT2D eigenvalue weighted by molar-refractivity contribution is -0.124. The van der Waals surface area contributed by atoms with Crippen LogP contribution in [0.1, 0.15) is 51.9 Å². The summed E-state index contributed by atoms with van der Waals surface area (Å²) in [5.74, 6) is -0.344. The summed E-state index contributed by atoms with van der Waals surface area (Å²) in [6.07, 6.45) is 4.95. The van der Waals surface area contributed by atoms with Crippen LogP contribution in [0, 0.1) is 0 Å². The van der Waals surface area contributed by atoms with Crippen molar-refractivity contribution in [2.24, 2.45) is 0 Å². The number of hydrogen-bond acceptors (Lipinski definition) is 6. The fraction of sp³-hybridized carbons (Fsp3) is 0.286. The molecule has 0 aliphatic carbocycles. The number of benzene rings is 2. The second-order valence-corrected chi connectivity index (χ2v) is 7.59. The van der Waals surface area contributed by atoms with Gasteiger partial charge in [0.25, 0.3) is 5.91 Å². The van der Waals surface area contributed by atoms with Gasteiger partial charge in [-0.2, -0.15) is 0 Å². The molecule has 37 heavy (non-hydrogen) atoms. The molecule has 2 saturated heterocycles. The quantitative estimate of drug-likeness (QED) is 0.365. The van der Waals surface area contributed by atoms with E-state index < -0.39 is 11.3 Å². The lowest BCUT2D eigenvalue weighted by Gasteiger charge is -2.18. The summed E-state index contributed by atoms with van der Waals surface area (Å²) in [4.78, 5) is 44.9. The molecule has 0 unspecified atom stereocenters. The molecular weight excluding hydrogens is 496 g/mol. The molecule has 4 rings (SSSR count). The number of allylic oxidation sites excluding steroid dienone is 3. The third-order valence-electron chi connectivity index (χ3n) is 4.78. The molecule has 1 N–H and O–H groups in total. The van der Waals surface area contributed by atoms with Gasteiger partial charge in [-0.25, -0.2) is 14.5 Å². The Balaban J connectivity index is 0.000000569. The van der Waals surface area contributed by atoms with Crippen LogP contribution in [0.3, 0.4) is 0 Å². The molecule has 0 aromatic heterocycles. The minimum absolute atomic E-state index is 0. The maximum Gasteiger partial charge on any atom is 0.417 e. The van der Waals surface area contributed by atoms with E-state index in [9.17, 15) is 19.2 Å². The molecule has 2 aliphatic rings. The number of cyclic esters (lactones) is 2. The molecule has 200 valence electrons. The SMILES string of the molecule is C.C.C/C=C/C(=O)Cl.C/C=C/C(=O)N1C(=O)OC[C@H]1c1ccccc1.O=C1N[C@H](c2ccccc2)CO1. The maximum atomic E-state index is 11.8. The van der Waals surface area contributed by atoms with Crippen LogP contribution in [0.5, 0.6) is 0 Å². The van der Waals surface area contributed by atoms with Gasteiger partial charge in [0, 0.05) is 0 Å². The third kappa shape index (κ3) is 10.7. The lowest BCUT2D eigenvalue weighted by Crippen LogP contribution is -2.32. The Labute approximate surface area is 223 Å². The number of nitrogens with one attached hydrogen (secondary N) is 1. The van der Waals surface area contributed by atoms with Gasteiger partial charge in [-0.15, -0.1) is 0 Å². The summed E-state index contributed by atoms with van der Waals surface area (Å²) >= 11 is 4.85. The Morgan fingerprint density at radius 2 is 1.41 bits per heavy atom. The molecule has 2 aromatic carbocycles. The number of halogens is 1. The zero-order valence-corrected chi connectivity index (χ0v) is 20.2. The van der Waals surface area contributed by atoms with Crippen molar-refractivity contribution in [2.75, 3.05) is 13.2 Å². The van der Waals surface area contributed by atoms with Gasteiger partial charge >= 0.3 is 12.2 Å². The van der Waals surface area contributed by atoms with Gasteiger partial charge in [-0.1, -0.05) is 87.7 Å². The van der Waals surface area contributed by atoms with E-state index in [4.69, 9.17) is 21.1 Å². The number of carbonyl (C=O) groups excluding carboxylic acids is 4. The molecule has 9 heteroatoms. The minimum Gasteiger partial charge on any atom is -0.447 e. The molecule has 2 aliphatic heterocycles. The first kappa shape index (κ1) is 33.1. The number of alkyl carbamates (subject to hydrolysis) is 1. The number of carbonyl (C=O) groups is 4. The van der Waals surface area contributed by atoms with E-state index in [1.165, 1.54) is 12.2 Å². The largest absolute Gasteiger partial charge is 0.447 e. The standard InChI is InChI=1S/C13H13NO3.C9H9NO2.C4H5ClO.2CH4/c1-2-6-12(15)14-11(9-17-13(14)16)10-7-4-3-5-8-10;11-9-10-8(6-12-9)7-4-2-1-3-5-7;1-2-3-4(5)6;;/h2-8,11H,9H2,1H3;1-5,8H,6H2,(H,10,11);2-3H,1H3;2*1H4/b6-2+;;3-2+;;/t11-;8-;;;/m00.../s1. The van der Waals surface area contributed by atoms with Crippen LogP contribution in [-0.2, 0) is 19.1 Å². The highest BCUT2D eigenvalue weighted by Gasteiger charge is 2.37. The summed E-state index contributed by atoms with van der Waals surface area (Å²) in [5, 5.41) is 2.29. The van der Waals surface area contributed by atoms with Gasteiger partial charge in [0.1, 0.15) is 19.3 Å². The molecule has 0 spiro atoms. The van der Waals surface area contributed by atoms with E-state index in [1.54, 1.807) is 26.0 Å². The average Bonchev–Trinajstić information content (AvgIpc) is 3.47. The number of imide groups is 1. The molecule has 2 atom stereocenters. The number of amides is 3. The predicted molar refractivity (Wildman–Crippen MR) is 145 cm³/mol. The summed E-state index contributed by atoms with van der Waals surface area (Å²) in [7, 11) is 0. The summed E-state index contributed by atoms with van der Waals surface area (Å²) < 4.78 is 9.70. The molecule has 3 amide bonds. The van der Waals surface area contributed by atoms with E-state index in [0.29, 0.717) is 6.61 Å². The Morgan fingerprint density at radius 1 is 0.865 bits per heavy atom. The molecule has 2 heterocycles. The summed E-state index contributed by atoms with van der Waals surface area (Å²) in [5.41, 5.74) is 1.99. The lowest BCUT2D eigenvalue weighted by atomic mass is 10.1. The Hall–Kier alpha value is -3.91. The molecule has 0 bridgehead atoms. The van der Waals surface area contributed by atoms with Crippen LogP contribution < -0.4 is 5.32 Å². The van der Waals surface area contributed by atoms with E-state index in [2.05, 4.69) is 5.32 Å². The van der Waals surface area contributed by atoms with Gasteiger partial charge in [0.15, 0.2) is 0 Å². The second-order valence-electron chi connectivity index (χ2n) is 7.22. The van der Waals surface area contributed by atoms with E-state index >= 15 is 0 Å². The van der Waals surface area contributed by atoms with Gasteiger partial charge in [0.05, 0.1) is 6.04 Å². The topological polar surface area (TPSA) is 102 Å². The first-order chi connectivity index (χ1) is 16.9.